The van der Waals surface area contributed by atoms with Crippen molar-refractivity contribution in [3.8, 4) is 0 Å². The van der Waals surface area contributed by atoms with Crippen LogP contribution in [-0.4, -0.2) is 22.6 Å². The maximum atomic E-state index is 5.68. The Morgan fingerprint density at radius 3 is 2.05 bits per heavy atom. The van der Waals surface area contributed by atoms with Gasteiger partial charge in [-0.15, -0.1) is 0 Å². The fraction of sp³-hybridized carbons (Fsp3) is 0.750. The van der Waals surface area contributed by atoms with Gasteiger partial charge in [-0.05, 0) is 53.9 Å². The Hall–Kier alpha value is -1.00. The molecule has 0 atom stereocenters. The normalized spacial score (nSPS) is 17.9. The molecular weight excluding hydrogens is 250 g/mol. The fourth-order valence-corrected chi connectivity index (χ4v) is 2.57. The van der Waals surface area contributed by atoms with Crippen molar-refractivity contribution in [3.63, 3.8) is 0 Å². The van der Waals surface area contributed by atoms with E-state index in [1.165, 1.54) is 12.0 Å². The van der Waals surface area contributed by atoms with Gasteiger partial charge in [-0.2, -0.15) is 0 Å². The Morgan fingerprint density at radius 1 is 1.15 bits per heavy atom. The summed E-state index contributed by atoms with van der Waals surface area (Å²) in [5.41, 5.74) is 3.19. The molecule has 1 aromatic rings. The lowest BCUT2D eigenvalue weighted by Crippen LogP contribution is -2.39. The predicted octanol–water partition coefficient (Wildman–Crippen LogP) is 3.01. The van der Waals surface area contributed by atoms with Gasteiger partial charge in [0.1, 0.15) is 5.60 Å². The summed E-state index contributed by atoms with van der Waals surface area (Å²) >= 11 is 0. The standard InChI is InChI=1S/C16H27N3O/c1-11-13(10-17-15(3,4)5)12(2)19-14(18-11)16(20-6)8-7-9-16/h17H,7-10H2,1-6H3. The van der Waals surface area contributed by atoms with Crippen LogP contribution in [0.25, 0.3) is 0 Å². The minimum Gasteiger partial charge on any atom is -0.370 e. The van der Waals surface area contributed by atoms with E-state index in [2.05, 4.69) is 39.9 Å². The van der Waals surface area contributed by atoms with Gasteiger partial charge in [0, 0.05) is 36.1 Å². The topological polar surface area (TPSA) is 47.0 Å². The Kier molecular flexibility index (Phi) is 4.17. The minimum absolute atomic E-state index is 0.0965. The highest BCUT2D eigenvalue weighted by molar-refractivity contribution is 5.26. The first-order valence-electron chi connectivity index (χ1n) is 7.42. The first-order chi connectivity index (χ1) is 9.27. The van der Waals surface area contributed by atoms with Crippen LogP contribution in [0.1, 0.15) is 62.8 Å². The zero-order valence-electron chi connectivity index (χ0n) is 13.6. The van der Waals surface area contributed by atoms with Crippen molar-refractivity contribution < 1.29 is 4.74 Å². The third-order valence-electron chi connectivity index (χ3n) is 4.18. The van der Waals surface area contributed by atoms with Crippen molar-refractivity contribution >= 4 is 0 Å². The molecule has 20 heavy (non-hydrogen) atoms. The molecule has 112 valence electrons. The van der Waals surface area contributed by atoms with Crippen molar-refractivity contribution in [1.82, 2.24) is 15.3 Å². The summed E-state index contributed by atoms with van der Waals surface area (Å²) in [5.74, 6) is 0.862. The van der Waals surface area contributed by atoms with Crippen LogP contribution in [0.15, 0.2) is 0 Å². The monoisotopic (exact) mass is 277 g/mol. The van der Waals surface area contributed by atoms with Gasteiger partial charge < -0.3 is 10.1 Å². The first-order valence-corrected chi connectivity index (χ1v) is 7.42. The van der Waals surface area contributed by atoms with Gasteiger partial charge in [0.15, 0.2) is 5.82 Å². The summed E-state index contributed by atoms with van der Waals surface area (Å²) in [6.07, 6.45) is 3.26. The zero-order valence-corrected chi connectivity index (χ0v) is 13.6. The minimum atomic E-state index is -0.231. The molecule has 0 aliphatic heterocycles. The van der Waals surface area contributed by atoms with Crippen LogP contribution in [0, 0.1) is 13.8 Å². The molecule has 1 fully saturated rings. The summed E-state index contributed by atoms with van der Waals surface area (Å²) in [7, 11) is 1.77. The zero-order chi connectivity index (χ0) is 15.0. The number of ether oxygens (including phenoxy) is 1. The maximum absolute atomic E-state index is 5.68. The van der Waals surface area contributed by atoms with Gasteiger partial charge in [-0.25, -0.2) is 9.97 Å². The molecule has 4 heteroatoms. The van der Waals surface area contributed by atoms with Crippen molar-refractivity contribution in [2.45, 2.75) is 71.6 Å². The highest BCUT2D eigenvalue weighted by Gasteiger charge is 2.42. The van der Waals surface area contributed by atoms with Gasteiger partial charge >= 0.3 is 0 Å². The average Bonchev–Trinajstić information content (AvgIpc) is 2.25. The second-order valence-corrected chi connectivity index (χ2v) is 6.85. The predicted molar refractivity (Wildman–Crippen MR) is 80.6 cm³/mol. The third-order valence-corrected chi connectivity index (χ3v) is 4.18. The van der Waals surface area contributed by atoms with Crippen LogP contribution in [0.2, 0.25) is 0 Å². The van der Waals surface area contributed by atoms with Crippen LogP contribution in [-0.2, 0) is 16.9 Å². The number of aryl methyl sites for hydroxylation is 2. The number of aromatic nitrogens is 2. The molecule has 0 unspecified atom stereocenters. The molecule has 4 nitrogen and oxygen atoms in total. The van der Waals surface area contributed by atoms with Crippen LogP contribution >= 0.6 is 0 Å². The first kappa shape index (κ1) is 15.4. The van der Waals surface area contributed by atoms with E-state index in [1.807, 2.05) is 0 Å². The summed E-state index contributed by atoms with van der Waals surface area (Å²) in [6, 6.07) is 0. The SMILES string of the molecule is COC1(c2nc(C)c(CNC(C)(C)C)c(C)n2)CCC1. The van der Waals surface area contributed by atoms with Crippen LogP contribution in [0.4, 0.5) is 0 Å². The highest BCUT2D eigenvalue weighted by Crippen LogP contribution is 2.42. The van der Waals surface area contributed by atoms with E-state index in [4.69, 9.17) is 14.7 Å². The number of hydrogen-bond acceptors (Lipinski definition) is 4. The average molecular weight is 277 g/mol. The number of nitrogens with one attached hydrogen (secondary N) is 1. The highest BCUT2D eigenvalue weighted by atomic mass is 16.5. The van der Waals surface area contributed by atoms with E-state index in [1.54, 1.807) is 7.11 Å². The van der Waals surface area contributed by atoms with Crippen LogP contribution in [0.3, 0.4) is 0 Å². The Labute approximate surface area is 122 Å². The quantitative estimate of drug-likeness (QED) is 0.919. The van der Waals surface area contributed by atoms with E-state index in [-0.39, 0.29) is 11.1 Å². The Morgan fingerprint density at radius 2 is 1.70 bits per heavy atom. The van der Waals surface area contributed by atoms with E-state index < -0.39 is 0 Å². The summed E-state index contributed by atoms with van der Waals surface area (Å²) in [5, 5.41) is 3.51. The molecule has 0 saturated heterocycles. The molecule has 1 saturated carbocycles. The number of methoxy groups -OCH3 is 1. The van der Waals surface area contributed by atoms with Crippen LogP contribution in [0.5, 0.6) is 0 Å². The number of rotatable bonds is 4. The molecule has 1 N–H and O–H groups in total. The number of hydrogen-bond donors (Lipinski definition) is 1. The third kappa shape index (κ3) is 3.01. The summed E-state index contributed by atoms with van der Waals surface area (Å²) in [6.45, 7) is 11.4. The van der Waals surface area contributed by atoms with Gasteiger partial charge in [0.25, 0.3) is 0 Å². The second kappa shape index (κ2) is 5.41. The number of nitrogens with zero attached hydrogens (tertiary/aromatic N) is 2. The second-order valence-electron chi connectivity index (χ2n) is 6.85. The molecule has 0 amide bonds. The fourth-order valence-electron chi connectivity index (χ4n) is 2.57. The largest absolute Gasteiger partial charge is 0.370 e. The lowest BCUT2D eigenvalue weighted by molar-refractivity contribution is -0.0849. The molecule has 1 heterocycles. The molecule has 2 rings (SSSR count). The van der Waals surface area contributed by atoms with Crippen LogP contribution < -0.4 is 5.32 Å². The van der Waals surface area contributed by atoms with Crippen molar-refractivity contribution in [2.24, 2.45) is 0 Å². The van der Waals surface area contributed by atoms with Gasteiger partial charge in [-0.3, -0.25) is 0 Å². The van der Waals surface area contributed by atoms with Gasteiger partial charge in [-0.1, -0.05) is 0 Å². The molecule has 0 radical (unpaired) electrons. The van der Waals surface area contributed by atoms with Crippen molar-refractivity contribution in [2.75, 3.05) is 7.11 Å². The molecule has 1 aliphatic rings. The molecule has 1 aliphatic carbocycles. The Bertz CT molecular complexity index is 458. The molecule has 0 bridgehead atoms. The van der Waals surface area contributed by atoms with E-state index in [0.29, 0.717) is 0 Å². The van der Waals surface area contributed by atoms with E-state index in [9.17, 15) is 0 Å². The van der Waals surface area contributed by atoms with E-state index in [0.717, 1.165) is 36.6 Å². The van der Waals surface area contributed by atoms with Gasteiger partial charge in [0.05, 0.1) is 0 Å². The van der Waals surface area contributed by atoms with E-state index >= 15 is 0 Å². The molecular formula is C16H27N3O. The summed E-state index contributed by atoms with van der Waals surface area (Å²) in [4.78, 5) is 9.45. The molecule has 0 spiro atoms. The Balaban J connectivity index is 2.25. The lowest BCUT2D eigenvalue weighted by Gasteiger charge is -2.39. The summed E-state index contributed by atoms with van der Waals surface area (Å²) < 4.78 is 5.68. The van der Waals surface area contributed by atoms with Crippen molar-refractivity contribution in [3.05, 3.63) is 22.8 Å². The molecule has 1 aromatic heterocycles. The smallest absolute Gasteiger partial charge is 0.160 e. The van der Waals surface area contributed by atoms with Gasteiger partial charge in [0.2, 0.25) is 0 Å². The lowest BCUT2D eigenvalue weighted by atomic mass is 9.79. The molecule has 0 aromatic carbocycles. The van der Waals surface area contributed by atoms with Crippen molar-refractivity contribution in [1.29, 1.82) is 0 Å². The maximum Gasteiger partial charge on any atom is 0.160 e.